The van der Waals surface area contributed by atoms with Crippen LogP contribution in [0.15, 0.2) is 235 Å². The van der Waals surface area contributed by atoms with E-state index in [9.17, 15) is 15.3 Å². The molecule has 0 aliphatic heterocycles. The minimum absolute atomic E-state index is 0.566. The van der Waals surface area contributed by atoms with Gasteiger partial charge in [0.15, 0.2) is 0 Å². The van der Waals surface area contributed by atoms with Gasteiger partial charge in [0.2, 0.25) is 0 Å². The Morgan fingerprint density at radius 3 is 1.05 bits per heavy atom. The summed E-state index contributed by atoms with van der Waals surface area (Å²) in [6, 6.07) is 83.6. The summed E-state index contributed by atoms with van der Waals surface area (Å²) in [6.07, 6.45) is 0. The van der Waals surface area contributed by atoms with E-state index in [2.05, 4.69) is 155 Å². The first-order chi connectivity index (χ1) is 36.4. The van der Waals surface area contributed by atoms with Gasteiger partial charge in [-0.15, -0.1) is 22.7 Å². The fraction of sp³-hybridized carbons (Fsp3) is 0. The van der Waals surface area contributed by atoms with Crippen LogP contribution in [0.4, 0.5) is 0 Å². The number of hydrogen-bond donors (Lipinski definition) is 2. The summed E-state index contributed by atoms with van der Waals surface area (Å²) < 4.78 is 6.01. The Kier molecular flexibility index (Phi) is 12.5. The molecule has 14 aromatic rings. The third kappa shape index (κ3) is 8.45. The second-order valence-electron chi connectivity index (χ2n) is 18.0. The molecule has 0 radical (unpaired) electrons. The topological polar surface area (TPSA) is 88.0 Å². The van der Waals surface area contributed by atoms with Crippen LogP contribution < -0.4 is 5.46 Å². The van der Waals surface area contributed by atoms with Gasteiger partial charge in [-0.1, -0.05) is 180 Å². The summed E-state index contributed by atoms with van der Waals surface area (Å²) in [5.74, 6) is 0. The average Bonchev–Trinajstić information content (AvgIpc) is 4.01. The van der Waals surface area contributed by atoms with Crippen molar-refractivity contribution in [1.82, 2.24) is 0 Å². The molecule has 8 heteroatoms. The van der Waals surface area contributed by atoms with Crippen LogP contribution in [0.5, 0.6) is 0 Å². The van der Waals surface area contributed by atoms with Crippen molar-refractivity contribution < 1.29 is 10.0 Å². The van der Waals surface area contributed by atoms with Crippen LogP contribution in [0, 0.1) is 22.7 Å². The van der Waals surface area contributed by atoms with Crippen LogP contribution in [-0.4, -0.2) is 17.2 Å². The molecule has 0 atom stereocenters. The van der Waals surface area contributed by atoms with Crippen molar-refractivity contribution in [1.29, 1.82) is 10.5 Å². The van der Waals surface area contributed by atoms with Crippen LogP contribution in [-0.2, 0) is 0 Å². The summed E-state index contributed by atoms with van der Waals surface area (Å²) >= 11 is 7.02. The van der Waals surface area contributed by atoms with E-state index in [1.165, 1.54) is 78.8 Å². The maximum absolute atomic E-state index is 9.94. The summed E-state index contributed by atoms with van der Waals surface area (Å²) in [4.78, 5) is 0. The van der Waals surface area contributed by atoms with Gasteiger partial charge in [0.1, 0.15) is 0 Å². The summed E-state index contributed by atoms with van der Waals surface area (Å²) in [7, 11) is -1.50. The number of benzene rings is 12. The van der Waals surface area contributed by atoms with Crippen LogP contribution in [0.2, 0.25) is 0 Å². The molecule has 14 rings (SSSR count). The lowest BCUT2D eigenvalue weighted by Gasteiger charge is -2.17. The second kappa shape index (κ2) is 19.9. The minimum Gasteiger partial charge on any atom is -0.423 e. The maximum Gasteiger partial charge on any atom is 0.489 e. The third-order valence-electron chi connectivity index (χ3n) is 13.7. The van der Waals surface area contributed by atoms with Gasteiger partial charge in [0, 0.05) is 44.8 Å². The van der Waals surface area contributed by atoms with Crippen molar-refractivity contribution in [3.8, 4) is 45.5 Å². The zero-order valence-electron chi connectivity index (χ0n) is 39.5. The Labute approximate surface area is 443 Å². The molecular formula is C66H40BBrN2O2S2. The number of thiophene rings is 2. The van der Waals surface area contributed by atoms with Crippen LogP contribution in [0.1, 0.15) is 11.1 Å². The van der Waals surface area contributed by atoms with E-state index in [-0.39, 0.29) is 0 Å². The molecule has 0 spiro atoms. The normalized spacial score (nSPS) is 11.1. The first-order valence-corrected chi connectivity index (χ1v) is 26.5. The highest BCUT2D eigenvalue weighted by Gasteiger charge is 2.22. The molecule has 2 heterocycles. The fourth-order valence-electron chi connectivity index (χ4n) is 10.5. The van der Waals surface area contributed by atoms with E-state index in [1.54, 1.807) is 22.7 Å². The van der Waals surface area contributed by atoms with E-state index in [1.807, 2.05) is 103 Å². The van der Waals surface area contributed by atoms with Gasteiger partial charge < -0.3 is 10.0 Å². The molecule has 348 valence electrons. The smallest absolute Gasteiger partial charge is 0.423 e. The molecule has 0 saturated heterocycles. The highest BCUT2D eigenvalue weighted by atomic mass is 79.9. The molecular weight excluding hydrogens is 1010 g/mol. The highest BCUT2D eigenvalue weighted by molar-refractivity contribution is 9.10. The van der Waals surface area contributed by atoms with E-state index in [0.717, 1.165) is 42.5 Å². The lowest BCUT2D eigenvalue weighted by molar-refractivity contribution is 0.426. The SMILES string of the molecule is N#Cc1ccc2sc3ccc(-c4c5ccccc5c(-c5ccccc5)c5ccccc45)cc3c2c1.N#Cc1ccc2sc3ccc(Br)cc3c2c1.OB(O)c1c2ccccc2c(-c2ccccc2)c2ccccc12. The Morgan fingerprint density at radius 1 is 0.324 bits per heavy atom. The van der Waals surface area contributed by atoms with Crippen molar-refractivity contribution in [3.05, 3.63) is 246 Å². The lowest BCUT2D eigenvalue weighted by Crippen LogP contribution is -2.31. The fourth-order valence-corrected chi connectivity index (χ4v) is 13.0. The van der Waals surface area contributed by atoms with Crippen LogP contribution >= 0.6 is 38.6 Å². The number of hydrogen-bond acceptors (Lipinski definition) is 6. The van der Waals surface area contributed by atoms with Gasteiger partial charge in [0.05, 0.1) is 23.3 Å². The highest BCUT2D eigenvalue weighted by Crippen LogP contribution is 2.46. The van der Waals surface area contributed by atoms with E-state index < -0.39 is 7.12 Å². The molecule has 2 aromatic heterocycles. The standard InChI is InChI=1S/C33H19NS.C20H15BO2.C13H6BrNS/c34-20-21-14-16-30-28(18-21)29-19-23(15-17-31(29)35-30)33-26-12-6-4-10-24(26)32(22-8-2-1-3-9-22)25-11-5-7-13-27(25)33;22-21(23)20-17-12-6-4-10-15(17)19(14-8-2-1-3-9-14)16-11-5-7-13-18(16)20;14-9-2-4-13-11(6-9)10-5-8(7-15)1-3-12(10)16-13/h1-19H;1-13,22-23H;1-6H. The summed E-state index contributed by atoms with van der Waals surface area (Å²) in [6.45, 7) is 0. The monoisotopic (exact) mass is 1050 g/mol. The first kappa shape index (κ1) is 46.6. The van der Waals surface area contributed by atoms with Gasteiger partial charge in [-0.2, -0.15) is 10.5 Å². The molecule has 0 unspecified atom stereocenters. The number of fused-ring (bicyclic) bond motifs is 10. The molecule has 0 amide bonds. The van der Waals surface area contributed by atoms with Crippen molar-refractivity contribution in [2.45, 2.75) is 0 Å². The zero-order valence-corrected chi connectivity index (χ0v) is 42.7. The van der Waals surface area contributed by atoms with Gasteiger partial charge in [-0.25, -0.2) is 0 Å². The summed E-state index contributed by atoms with van der Waals surface area (Å²) in [5.41, 5.74) is 9.20. The molecule has 12 aromatic carbocycles. The van der Waals surface area contributed by atoms with Crippen LogP contribution in [0.25, 0.3) is 117 Å². The molecule has 2 N–H and O–H groups in total. The van der Waals surface area contributed by atoms with E-state index >= 15 is 0 Å². The first-order valence-electron chi connectivity index (χ1n) is 24.1. The van der Waals surface area contributed by atoms with Crippen molar-refractivity contribution in [2.24, 2.45) is 0 Å². The van der Waals surface area contributed by atoms with Crippen molar-refractivity contribution in [3.63, 3.8) is 0 Å². The van der Waals surface area contributed by atoms with E-state index in [0.29, 0.717) is 16.6 Å². The number of halogens is 1. The van der Waals surface area contributed by atoms with Gasteiger partial charge in [0.25, 0.3) is 0 Å². The van der Waals surface area contributed by atoms with Gasteiger partial charge in [-0.3, -0.25) is 0 Å². The molecule has 74 heavy (non-hydrogen) atoms. The Balaban J connectivity index is 0.000000122. The zero-order chi connectivity index (χ0) is 50.3. The Morgan fingerprint density at radius 2 is 0.649 bits per heavy atom. The number of nitrogens with zero attached hydrogens (tertiary/aromatic N) is 2. The number of nitriles is 2. The van der Waals surface area contributed by atoms with Gasteiger partial charge in [-0.05, 0) is 149 Å². The molecule has 0 bridgehead atoms. The predicted octanol–water partition coefficient (Wildman–Crippen LogP) is 17.6. The third-order valence-corrected chi connectivity index (χ3v) is 16.5. The predicted molar refractivity (Wildman–Crippen MR) is 318 cm³/mol. The molecule has 0 fully saturated rings. The molecule has 0 saturated carbocycles. The van der Waals surface area contributed by atoms with E-state index in [4.69, 9.17) is 5.26 Å². The number of rotatable bonds is 4. The Bertz CT molecular complexity index is 4460. The molecule has 4 nitrogen and oxygen atoms in total. The average molecular weight is 1050 g/mol. The minimum atomic E-state index is -1.50. The second-order valence-corrected chi connectivity index (χ2v) is 21.1. The summed E-state index contributed by atoms with van der Waals surface area (Å²) in [5, 5.41) is 51.8. The molecule has 0 aliphatic carbocycles. The largest absolute Gasteiger partial charge is 0.489 e. The van der Waals surface area contributed by atoms with Crippen LogP contribution in [0.3, 0.4) is 0 Å². The quantitative estimate of drug-likeness (QED) is 0.136. The Hall–Kier alpha value is -8.44. The van der Waals surface area contributed by atoms with Crippen molar-refractivity contribution >= 4 is 135 Å². The lowest BCUT2D eigenvalue weighted by atomic mass is 9.72. The van der Waals surface area contributed by atoms with Gasteiger partial charge >= 0.3 is 7.12 Å². The molecule has 0 aliphatic rings. The van der Waals surface area contributed by atoms with Crippen molar-refractivity contribution in [2.75, 3.05) is 0 Å². The maximum atomic E-state index is 9.94.